The Balaban J connectivity index is 1.35. The summed E-state index contributed by atoms with van der Waals surface area (Å²) in [5, 5.41) is 2.27. The van der Waals surface area contributed by atoms with Gasteiger partial charge in [-0.15, -0.1) is 0 Å². The van der Waals surface area contributed by atoms with Gasteiger partial charge in [-0.05, 0) is 85.6 Å². The Labute approximate surface area is 224 Å². The zero-order valence-electron chi connectivity index (χ0n) is 20.2. The number of ether oxygens (including phenoxy) is 1. The van der Waals surface area contributed by atoms with Gasteiger partial charge in [0.05, 0.1) is 15.7 Å². The molecule has 1 N–H and O–H groups in total. The van der Waals surface area contributed by atoms with Crippen molar-refractivity contribution in [1.29, 1.82) is 0 Å². The second-order valence-corrected chi connectivity index (χ2v) is 9.48. The third-order valence-corrected chi connectivity index (χ3v) is 6.90. The average Bonchev–Trinajstić information content (AvgIpc) is 3.34. The number of aromatic nitrogens is 1. The number of hydrogen-bond acceptors (Lipinski definition) is 3. The van der Waals surface area contributed by atoms with Crippen LogP contribution in [0.25, 0.3) is 11.8 Å². The van der Waals surface area contributed by atoms with Gasteiger partial charge in [-0.1, -0.05) is 47.5 Å². The highest BCUT2D eigenvalue weighted by atomic mass is 35.5. The van der Waals surface area contributed by atoms with Crippen LogP contribution in [0.15, 0.2) is 84.4 Å². The van der Waals surface area contributed by atoms with Crippen molar-refractivity contribution in [3.05, 3.63) is 117 Å². The summed E-state index contributed by atoms with van der Waals surface area (Å²) in [6.45, 7) is 4.31. The highest BCUT2D eigenvalue weighted by molar-refractivity contribution is 6.42. The van der Waals surface area contributed by atoms with E-state index in [0.29, 0.717) is 28.1 Å². The third kappa shape index (κ3) is 4.99. The Morgan fingerprint density at radius 2 is 1.59 bits per heavy atom. The van der Waals surface area contributed by atoms with Crippen molar-refractivity contribution in [1.82, 2.24) is 9.99 Å². The summed E-state index contributed by atoms with van der Waals surface area (Å²) in [5.74, 6) is -0.0968. The summed E-state index contributed by atoms with van der Waals surface area (Å²) in [4.78, 5) is 25.6. The molecule has 1 aromatic heterocycles. The number of benzene rings is 3. The van der Waals surface area contributed by atoms with Gasteiger partial charge in [0.15, 0.2) is 0 Å². The fourth-order valence-corrected chi connectivity index (χ4v) is 4.61. The lowest BCUT2D eigenvalue weighted by Gasteiger charge is -2.13. The lowest BCUT2D eigenvalue weighted by atomic mass is 10.1. The molecule has 3 aromatic carbocycles. The van der Waals surface area contributed by atoms with Gasteiger partial charge >= 0.3 is 0 Å². The van der Waals surface area contributed by atoms with Crippen molar-refractivity contribution in [2.45, 2.75) is 20.5 Å². The number of nitrogens with zero attached hydrogens (tertiary/aromatic N) is 2. The first kappa shape index (κ1) is 24.7. The standard InChI is InChI=1S/C29H23Cl2N3O3/c1-18-14-21(16-25-28(35)32-34(29(25)36)23-6-4-3-5-7-23)19(2)33(18)22-9-11-24(12-10-22)37-17-20-8-13-26(30)27(31)15-20/h3-16H,17H2,1-2H3,(H,32,35)/b25-16-. The highest BCUT2D eigenvalue weighted by Gasteiger charge is 2.34. The van der Waals surface area contributed by atoms with Crippen LogP contribution in [-0.2, 0) is 16.2 Å². The van der Waals surface area contributed by atoms with E-state index in [1.54, 1.807) is 30.3 Å². The Morgan fingerprint density at radius 3 is 2.30 bits per heavy atom. The van der Waals surface area contributed by atoms with Gasteiger partial charge in [-0.25, -0.2) is 5.01 Å². The van der Waals surface area contributed by atoms with Crippen LogP contribution in [0.3, 0.4) is 0 Å². The molecule has 37 heavy (non-hydrogen) atoms. The number of nitrogens with one attached hydrogen (secondary N) is 1. The van der Waals surface area contributed by atoms with E-state index in [2.05, 4.69) is 9.99 Å². The lowest BCUT2D eigenvalue weighted by molar-refractivity contribution is -0.117. The third-order valence-electron chi connectivity index (χ3n) is 6.16. The molecule has 0 bridgehead atoms. The maximum Gasteiger partial charge on any atom is 0.282 e. The number of amides is 2. The summed E-state index contributed by atoms with van der Waals surface area (Å²) in [6, 6.07) is 24.1. The minimum absolute atomic E-state index is 0.0927. The SMILES string of the molecule is Cc1cc(/C=C2/C(=O)NN(c3ccccc3)C2=O)c(C)n1-c1ccc(OCc2ccc(Cl)c(Cl)c2)cc1. The van der Waals surface area contributed by atoms with E-state index in [9.17, 15) is 9.59 Å². The van der Waals surface area contributed by atoms with Gasteiger partial charge < -0.3 is 9.30 Å². The van der Waals surface area contributed by atoms with E-state index in [4.69, 9.17) is 27.9 Å². The number of para-hydroxylation sites is 1. The van der Waals surface area contributed by atoms with E-state index >= 15 is 0 Å². The van der Waals surface area contributed by atoms with Crippen LogP contribution in [0.5, 0.6) is 5.75 Å². The molecular formula is C29H23Cl2N3O3. The van der Waals surface area contributed by atoms with Crippen LogP contribution < -0.4 is 15.2 Å². The maximum absolute atomic E-state index is 13.0. The van der Waals surface area contributed by atoms with Gasteiger partial charge in [0.1, 0.15) is 17.9 Å². The molecule has 0 spiro atoms. The first-order valence-electron chi connectivity index (χ1n) is 11.6. The van der Waals surface area contributed by atoms with E-state index in [0.717, 1.165) is 28.2 Å². The molecular weight excluding hydrogens is 509 g/mol. The zero-order chi connectivity index (χ0) is 26.1. The number of carbonyl (C=O) groups is 2. The van der Waals surface area contributed by atoms with Gasteiger partial charge in [-0.2, -0.15) is 0 Å². The Morgan fingerprint density at radius 1 is 0.865 bits per heavy atom. The molecule has 1 fully saturated rings. The number of rotatable bonds is 6. The molecule has 1 saturated heterocycles. The highest BCUT2D eigenvalue weighted by Crippen LogP contribution is 2.28. The quantitative estimate of drug-likeness (QED) is 0.230. The van der Waals surface area contributed by atoms with Gasteiger partial charge in [0.25, 0.3) is 11.8 Å². The fourth-order valence-electron chi connectivity index (χ4n) is 4.29. The number of halogens is 2. The second-order valence-electron chi connectivity index (χ2n) is 8.67. The maximum atomic E-state index is 13.0. The second kappa shape index (κ2) is 10.2. The minimum Gasteiger partial charge on any atom is -0.489 e. The van der Waals surface area contributed by atoms with Crippen molar-refractivity contribution >= 4 is 46.8 Å². The smallest absolute Gasteiger partial charge is 0.282 e. The summed E-state index contributed by atoms with van der Waals surface area (Å²) < 4.78 is 7.97. The normalized spacial score (nSPS) is 14.4. The predicted octanol–water partition coefficient (Wildman–Crippen LogP) is 6.44. The molecule has 0 unspecified atom stereocenters. The Hall–Kier alpha value is -4.00. The molecule has 0 saturated carbocycles. The van der Waals surface area contributed by atoms with Crippen LogP contribution in [0.4, 0.5) is 5.69 Å². The van der Waals surface area contributed by atoms with Crippen molar-refractivity contribution < 1.29 is 14.3 Å². The molecule has 1 aliphatic rings. The molecule has 6 nitrogen and oxygen atoms in total. The largest absolute Gasteiger partial charge is 0.489 e. The molecule has 2 amide bonds. The molecule has 0 aliphatic carbocycles. The minimum atomic E-state index is -0.429. The summed E-state index contributed by atoms with van der Waals surface area (Å²) in [5.41, 5.74) is 7.88. The van der Waals surface area contributed by atoms with E-state index < -0.39 is 5.91 Å². The van der Waals surface area contributed by atoms with Crippen LogP contribution >= 0.6 is 23.2 Å². The number of hydrazine groups is 1. The monoisotopic (exact) mass is 531 g/mol. The number of carbonyl (C=O) groups excluding carboxylic acids is 2. The lowest BCUT2D eigenvalue weighted by Crippen LogP contribution is -2.35. The molecule has 186 valence electrons. The number of anilines is 1. The molecule has 0 radical (unpaired) electrons. The van der Waals surface area contributed by atoms with Crippen LogP contribution in [-0.4, -0.2) is 16.4 Å². The van der Waals surface area contributed by atoms with Gasteiger partial charge in [-0.3, -0.25) is 15.0 Å². The molecule has 2 heterocycles. The van der Waals surface area contributed by atoms with E-state index in [1.165, 1.54) is 5.01 Å². The Kier molecular flexibility index (Phi) is 6.78. The average molecular weight is 532 g/mol. The van der Waals surface area contributed by atoms with E-state index in [-0.39, 0.29) is 11.5 Å². The van der Waals surface area contributed by atoms with E-state index in [1.807, 2.05) is 68.4 Å². The molecule has 0 atom stereocenters. The molecule has 8 heteroatoms. The molecule has 4 aromatic rings. The van der Waals surface area contributed by atoms with Crippen molar-refractivity contribution in [3.8, 4) is 11.4 Å². The molecule has 1 aliphatic heterocycles. The van der Waals surface area contributed by atoms with Crippen LogP contribution in [0, 0.1) is 13.8 Å². The van der Waals surface area contributed by atoms with Crippen molar-refractivity contribution in [3.63, 3.8) is 0 Å². The van der Waals surface area contributed by atoms with Crippen molar-refractivity contribution in [2.24, 2.45) is 0 Å². The fraction of sp³-hybridized carbons (Fsp3) is 0.103. The predicted molar refractivity (Wildman–Crippen MR) is 146 cm³/mol. The van der Waals surface area contributed by atoms with Gasteiger partial charge in [0.2, 0.25) is 0 Å². The topological polar surface area (TPSA) is 63.6 Å². The first-order valence-corrected chi connectivity index (χ1v) is 12.4. The first-order chi connectivity index (χ1) is 17.8. The van der Waals surface area contributed by atoms with Crippen molar-refractivity contribution in [2.75, 3.05) is 5.01 Å². The number of hydrogen-bond donors (Lipinski definition) is 1. The summed E-state index contributed by atoms with van der Waals surface area (Å²) in [6.07, 6.45) is 1.65. The summed E-state index contributed by atoms with van der Waals surface area (Å²) >= 11 is 12.1. The van der Waals surface area contributed by atoms with Gasteiger partial charge in [0, 0.05) is 17.1 Å². The molecule has 5 rings (SSSR count). The number of aryl methyl sites for hydroxylation is 1. The van der Waals surface area contributed by atoms with Crippen LogP contribution in [0.2, 0.25) is 10.0 Å². The van der Waals surface area contributed by atoms with Crippen LogP contribution in [0.1, 0.15) is 22.5 Å². The Bertz CT molecular complexity index is 1530. The summed E-state index contributed by atoms with van der Waals surface area (Å²) in [7, 11) is 0. The zero-order valence-corrected chi connectivity index (χ0v) is 21.7.